The van der Waals surface area contributed by atoms with Crippen molar-refractivity contribution in [2.45, 2.75) is 50.3 Å². The zero-order valence-electron chi connectivity index (χ0n) is 12.8. The lowest BCUT2D eigenvalue weighted by atomic mass is 9.90. The first-order valence-electron chi connectivity index (χ1n) is 7.31. The molecule has 1 aromatic rings. The van der Waals surface area contributed by atoms with Crippen LogP contribution in [-0.4, -0.2) is 34.2 Å². The van der Waals surface area contributed by atoms with Gasteiger partial charge < -0.3 is 10.1 Å². The highest BCUT2D eigenvalue weighted by atomic mass is 32.2. The third-order valence-electron chi connectivity index (χ3n) is 3.95. The lowest BCUT2D eigenvalue weighted by Crippen LogP contribution is -2.47. The average Bonchev–Trinajstić information content (AvgIpc) is 2.41. The Hall–Kier alpha value is -0.950. The van der Waals surface area contributed by atoms with Crippen LogP contribution in [0.4, 0.5) is 0 Å². The summed E-state index contributed by atoms with van der Waals surface area (Å²) < 4.78 is 32.7. The van der Waals surface area contributed by atoms with Crippen LogP contribution in [0, 0.1) is 6.92 Å². The maximum Gasteiger partial charge on any atom is 0.240 e. The van der Waals surface area contributed by atoms with Gasteiger partial charge in [0.2, 0.25) is 10.0 Å². The van der Waals surface area contributed by atoms with Gasteiger partial charge >= 0.3 is 0 Å². The summed E-state index contributed by atoms with van der Waals surface area (Å²) in [7, 11) is -1.79. The highest BCUT2D eigenvalue weighted by Crippen LogP contribution is 2.25. The molecule has 0 saturated heterocycles. The van der Waals surface area contributed by atoms with Crippen LogP contribution in [-0.2, 0) is 21.3 Å². The van der Waals surface area contributed by atoms with E-state index in [0.29, 0.717) is 11.4 Å². The number of nitrogens with one attached hydrogen (secondary N) is 2. The van der Waals surface area contributed by atoms with Crippen molar-refractivity contribution in [2.75, 3.05) is 13.7 Å². The fraction of sp³-hybridized carbons (Fsp3) is 0.600. The molecule has 0 aliphatic heterocycles. The summed E-state index contributed by atoms with van der Waals surface area (Å²) in [6.45, 7) is 5.56. The van der Waals surface area contributed by atoms with Crippen molar-refractivity contribution in [1.82, 2.24) is 10.0 Å². The quantitative estimate of drug-likeness (QED) is 0.802. The Morgan fingerprint density at radius 3 is 2.67 bits per heavy atom. The molecule has 1 saturated carbocycles. The normalized spacial score (nSPS) is 22.0. The van der Waals surface area contributed by atoms with Gasteiger partial charge in [-0.3, -0.25) is 0 Å². The van der Waals surface area contributed by atoms with Crippen molar-refractivity contribution in [3.8, 4) is 0 Å². The molecule has 0 unspecified atom stereocenters. The lowest BCUT2D eigenvalue weighted by molar-refractivity contribution is 0.0236. The summed E-state index contributed by atoms with van der Waals surface area (Å²) in [4.78, 5) is 0.335. The van der Waals surface area contributed by atoms with E-state index in [9.17, 15) is 8.42 Å². The van der Waals surface area contributed by atoms with E-state index in [4.69, 9.17) is 4.74 Å². The monoisotopic (exact) mass is 312 g/mol. The summed E-state index contributed by atoms with van der Waals surface area (Å²) in [5.41, 5.74) is 2.11. The molecule has 0 aromatic heterocycles. The Morgan fingerprint density at radius 2 is 2.05 bits per heavy atom. The Bertz CT molecular complexity index is 581. The predicted molar refractivity (Wildman–Crippen MR) is 82.7 cm³/mol. The van der Waals surface area contributed by atoms with E-state index in [1.807, 2.05) is 19.9 Å². The van der Waals surface area contributed by atoms with E-state index < -0.39 is 10.0 Å². The molecule has 6 heteroatoms. The molecule has 0 radical (unpaired) electrons. The number of benzene rings is 1. The molecule has 1 aliphatic carbocycles. The predicted octanol–water partition coefficient (Wildman–Crippen LogP) is 1.56. The zero-order valence-corrected chi connectivity index (χ0v) is 13.7. The van der Waals surface area contributed by atoms with Crippen molar-refractivity contribution < 1.29 is 13.2 Å². The molecule has 0 heterocycles. The van der Waals surface area contributed by atoms with Gasteiger partial charge in [0, 0.05) is 19.7 Å². The second kappa shape index (κ2) is 6.87. The van der Waals surface area contributed by atoms with Gasteiger partial charge in [0.1, 0.15) is 0 Å². The molecule has 0 atom stereocenters. The molecule has 5 nitrogen and oxygen atoms in total. The molecule has 1 aliphatic rings. The first kappa shape index (κ1) is 16.4. The van der Waals surface area contributed by atoms with E-state index >= 15 is 0 Å². The van der Waals surface area contributed by atoms with Crippen LogP contribution in [0.5, 0.6) is 0 Å². The minimum Gasteiger partial charge on any atom is -0.381 e. The van der Waals surface area contributed by atoms with Crippen molar-refractivity contribution >= 4 is 10.0 Å². The molecule has 0 bridgehead atoms. The van der Waals surface area contributed by atoms with Crippen LogP contribution in [0.2, 0.25) is 0 Å². The average molecular weight is 312 g/mol. The number of aryl methyl sites for hydroxylation is 1. The summed E-state index contributed by atoms with van der Waals surface area (Å²) in [5, 5.41) is 3.23. The van der Waals surface area contributed by atoms with Crippen LogP contribution < -0.4 is 10.0 Å². The maximum absolute atomic E-state index is 12.4. The minimum atomic E-state index is -3.45. The summed E-state index contributed by atoms with van der Waals surface area (Å²) in [5.74, 6) is 0. The fourth-order valence-electron chi connectivity index (χ4n) is 2.41. The number of hydrogen-bond acceptors (Lipinski definition) is 4. The number of rotatable bonds is 7. The van der Waals surface area contributed by atoms with E-state index in [-0.39, 0.29) is 12.1 Å². The molecule has 0 spiro atoms. The van der Waals surface area contributed by atoms with E-state index in [1.165, 1.54) is 0 Å². The summed E-state index contributed by atoms with van der Waals surface area (Å²) in [6.07, 6.45) is 1.66. The van der Waals surface area contributed by atoms with Gasteiger partial charge in [0.15, 0.2) is 0 Å². The first-order chi connectivity index (χ1) is 9.96. The Balaban J connectivity index is 2.09. The van der Waals surface area contributed by atoms with E-state index in [1.54, 1.807) is 19.2 Å². The minimum absolute atomic E-state index is 0.0153. The molecular formula is C15H24N2O3S. The molecule has 118 valence electrons. The molecule has 1 aromatic carbocycles. The highest BCUT2D eigenvalue weighted by molar-refractivity contribution is 7.89. The molecular weight excluding hydrogens is 288 g/mol. The third-order valence-corrected chi connectivity index (χ3v) is 5.46. The van der Waals surface area contributed by atoms with E-state index in [2.05, 4.69) is 10.0 Å². The largest absolute Gasteiger partial charge is 0.381 e. The Labute approximate surface area is 127 Å². The Kier molecular flexibility index (Phi) is 5.37. The molecule has 21 heavy (non-hydrogen) atoms. The van der Waals surface area contributed by atoms with Gasteiger partial charge in [-0.1, -0.05) is 13.0 Å². The summed E-state index contributed by atoms with van der Waals surface area (Å²) in [6, 6.07) is 5.27. The number of methoxy groups -OCH3 is 1. The zero-order chi connectivity index (χ0) is 15.5. The standard InChI is InChI=1S/C15H24N2O3S/c1-4-16-10-12-7-15(6-5-11(12)2)21(18,19)17-13-8-14(9-13)20-3/h5-7,13-14,16-17H,4,8-10H2,1-3H3. The second-order valence-electron chi connectivity index (χ2n) is 5.52. The van der Waals surface area contributed by atoms with Gasteiger partial charge in [0.25, 0.3) is 0 Å². The topological polar surface area (TPSA) is 67.4 Å². The van der Waals surface area contributed by atoms with Crippen LogP contribution in [0.15, 0.2) is 23.1 Å². The van der Waals surface area contributed by atoms with Crippen molar-refractivity contribution in [1.29, 1.82) is 0 Å². The van der Waals surface area contributed by atoms with Crippen LogP contribution in [0.25, 0.3) is 0 Å². The van der Waals surface area contributed by atoms with Gasteiger partial charge in [-0.2, -0.15) is 0 Å². The van der Waals surface area contributed by atoms with Gasteiger partial charge in [-0.05, 0) is 49.6 Å². The van der Waals surface area contributed by atoms with E-state index in [0.717, 1.165) is 30.5 Å². The van der Waals surface area contributed by atoms with Crippen LogP contribution >= 0.6 is 0 Å². The van der Waals surface area contributed by atoms with Crippen molar-refractivity contribution in [3.63, 3.8) is 0 Å². The van der Waals surface area contributed by atoms with Crippen molar-refractivity contribution in [2.24, 2.45) is 0 Å². The summed E-state index contributed by atoms with van der Waals surface area (Å²) >= 11 is 0. The number of hydrogen-bond donors (Lipinski definition) is 2. The second-order valence-corrected chi connectivity index (χ2v) is 7.23. The lowest BCUT2D eigenvalue weighted by Gasteiger charge is -2.34. The molecule has 1 fully saturated rings. The third kappa shape index (κ3) is 4.03. The van der Waals surface area contributed by atoms with Gasteiger partial charge in [-0.25, -0.2) is 13.1 Å². The smallest absolute Gasteiger partial charge is 0.240 e. The van der Waals surface area contributed by atoms with Gasteiger partial charge in [-0.15, -0.1) is 0 Å². The highest BCUT2D eigenvalue weighted by Gasteiger charge is 2.32. The number of ether oxygens (including phenoxy) is 1. The first-order valence-corrected chi connectivity index (χ1v) is 8.80. The van der Waals surface area contributed by atoms with Crippen LogP contribution in [0.1, 0.15) is 30.9 Å². The Morgan fingerprint density at radius 1 is 1.33 bits per heavy atom. The van der Waals surface area contributed by atoms with Crippen molar-refractivity contribution in [3.05, 3.63) is 29.3 Å². The molecule has 0 amide bonds. The number of sulfonamides is 1. The maximum atomic E-state index is 12.4. The SMILES string of the molecule is CCNCc1cc(S(=O)(=O)NC2CC(OC)C2)ccc1C. The fourth-order valence-corrected chi connectivity index (χ4v) is 3.72. The molecule has 2 rings (SSSR count). The molecule has 2 N–H and O–H groups in total. The van der Waals surface area contributed by atoms with Gasteiger partial charge in [0.05, 0.1) is 11.0 Å². The van der Waals surface area contributed by atoms with Crippen LogP contribution in [0.3, 0.4) is 0 Å².